The van der Waals surface area contributed by atoms with Crippen molar-refractivity contribution in [3.63, 3.8) is 0 Å². The third kappa shape index (κ3) is 4.41. The summed E-state index contributed by atoms with van der Waals surface area (Å²) in [6, 6.07) is 13.1. The van der Waals surface area contributed by atoms with Crippen molar-refractivity contribution in [2.75, 3.05) is 13.1 Å². The number of imidazole rings is 1. The lowest BCUT2D eigenvalue weighted by Gasteiger charge is -2.25. The normalized spacial score (nSPS) is 15.4. The molecule has 0 unspecified atom stereocenters. The second kappa shape index (κ2) is 8.62. The van der Waals surface area contributed by atoms with Crippen LogP contribution in [0.25, 0.3) is 5.69 Å². The molecule has 0 bridgehead atoms. The van der Waals surface area contributed by atoms with Crippen LogP contribution in [0.1, 0.15) is 34.6 Å². The van der Waals surface area contributed by atoms with Crippen LogP contribution in [0.15, 0.2) is 55.1 Å². The second-order valence-electron chi connectivity index (χ2n) is 6.91. The summed E-state index contributed by atoms with van der Waals surface area (Å²) in [5, 5.41) is 3.60. The molecule has 2 aromatic heterocycles. The molecule has 1 aliphatic heterocycles. The molecule has 1 aromatic carbocycles. The van der Waals surface area contributed by atoms with Crippen molar-refractivity contribution < 1.29 is 0 Å². The minimum atomic E-state index is 0.855. The Labute approximate surface area is 159 Å². The molecule has 1 N–H and O–H groups in total. The van der Waals surface area contributed by atoms with Crippen LogP contribution in [0.3, 0.4) is 0 Å². The molecule has 0 aliphatic carbocycles. The van der Waals surface area contributed by atoms with Crippen molar-refractivity contribution in [3.8, 4) is 5.69 Å². The Hall–Kier alpha value is -1.95. The molecule has 0 saturated carbocycles. The maximum absolute atomic E-state index is 4.16. The van der Waals surface area contributed by atoms with E-state index in [1.54, 1.807) is 0 Å². The SMILES string of the molecule is c1ccc(-n2ccnc2)c(CNCc2ccc(CN3CCCCC3)s2)c1. The fraction of sp³-hybridized carbons (Fsp3) is 0.381. The standard InChI is InChI=1S/C21H26N4S/c1-4-11-24(12-5-1)16-20-9-8-19(26-20)15-23-14-18-6-2-3-7-21(18)25-13-10-22-17-25/h2-3,6-10,13,17,23H,1,4-5,11-12,14-16H2. The Morgan fingerprint density at radius 3 is 2.65 bits per heavy atom. The van der Waals surface area contributed by atoms with Gasteiger partial charge in [0.1, 0.15) is 0 Å². The van der Waals surface area contributed by atoms with Gasteiger partial charge in [-0.1, -0.05) is 24.6 Å². The molecular formula is C21H26N4S. The number of likely N-dealkylation sites (tertiary alicyclic amines) is 1. The number of benzene rings is 1. The molecule has 1 saturated heterocycles. The van der Waals surface area contributed by atoms with Gasteiger partial charge in [0.2, 0.25) is 0 Å². The van der Waals surface area contributed by atoms with Crippen molar-refractivity contribution >= 4 is 11.3 Å². The molecule has 4 nitrogen and oxygen atoms in total. The van der Waals surface area contributed by atoms with E-state index in [0.717, 1.165) is 19.6 Å². The smallest absolute Gasteiger partial charge is 0.0991 e. The Morgan fingerprint density at radius 1 is 0.962 bits per heavy atom. The van der Waals surface area contributed by atoms with Gasteiger partial charge in [-0.15, -0.1) is 11.3 Å². The van der Waals surface area contributed by atoms with E-state index < -0.39 is 0 Å². The third-order valence-corrected chi connectivity index (χ3v) is 6.00. The maximum atomic E-state index is 4.16. The van der Waals surface area contributed by atoms with Crippen molar-refractivity contribution in [2.24, 2.45) is 0 Å². The van der Waals surface area contributed by atoms with E-state index in [1.807, 2.05) is 30.1 Å². The molecule has 1 aliphatic rings. The number of hydrogen-bond acceptors (Lipinski definition) is 4. The number of nitrogens with one attached hydrogen (secondary N) is 1. The first-order chi connectivity index (χ1) is 12.9. The van der Waals surface area contributed by atoms with Gasteiger partial charge in [0.25, 0.3) is 0 Å². The fourth-order valence-corrected chi connectivity index (χ4v) is 4.60. The van der Waals surface area contributed by atoms with Crippen molar-refractivity contribution in [1.82, 2.24) is 19.8 Å². The zero-order chi connectivity index (χ0) is 17.6. The van der Waals surface area contributed by atoms with Crippen LogP contribution in [-0.4, -0.2) is 27.5 Å². The Morgan fingerprint density at radius 2 is 1.81 bits per heavy atom. The molecule has 0 atom stereocenters. The van der Waals surface area contributed by atoms with E-state index in [0.29, 0.717) is 0 Å². The Kier molecular flexibility index (Phi) is 5.79. The average molecular weight is 367 g/mol. The van der Waals surface area contributed by atoms with Gasteiger partial charge in [0.05, 0.1) is 12.0 Å². The highest BCUT2D eigenvalue weighted by Crippen LogP contribution is 2.21. The van der Waals surface area contributed by atoms with Crippen LogP contribution >= 0.6 is 11.3 Å². The molecule has 3 aromatic rings. The number of thiophene rings is 1. The summed E-state index contributed by atoms with van der Waals surface area (Å²) in [6.07, 6.45) is 9.78. The van der Waals surface area contributed by atoms with E-state index in [2.05, 4.69) is 56.2 Å². The predicted molar refractivity (Wildman–Crippen MR) is 108 cm³/mol. The number of hydrogen-bond donors (Lipinski definition) is 1. The van der Waals surface area contributed by atoms with Gasteiger partial charge in [-0.2, -0.15) is 0 Å². The van der Waals surface area contributed by atoms with Gasteiger partial charge in [-0.25, -0.2) is 4.98 Å². The minimum Gasteiger partial charge on any atom is -0.308 e. The zero-order valence-electron chi connectivity index (χ0n) is 15.1. The first-order valence-corrected chi connectivity index (χ1v) is 10.3. The van der Waals surface area contributed by atoms with Crippen molar-refractivity contribution in [1.29, 1.82) is 0 Å². The summed E-state index contributed by atoms with van der Waals surface area (Å²) >= 11 is 1.94. The molecule has 3 heterocycles. The number of para-hydroxylation sites is 1. The third-order valence-electron chi connectivity index (χ3n) is 4.93. The summed E-state index contributed by atoms with van der Waals surface area (Å²) in [5.74, 6) is 0. The lowest BCUT2D eigenvalue weighted by molar-refractivity contribution is 0.222. The van der Waals surface area contributed by atoms with E-state index in [-0.39, 0.29) is 0 Å². The molecule has 0 amide bonds. The van der Waals surface area contributed by atoms with Gasteiger partial charge in [0, 0.05) is 41.8 Å². The monoisotopic (exact) mass is 366 g/mol. The summed E-state index contributed by atoms with van der Waals surface area (Å²) < 4.78 is 2.07. The lowest BCUT2D eigenvalue weighted by Crippen LogP contribution is -2.28. The topological polar surface area (TPSA) is 33.1 Å². The van der Waals surface area contributed by atoms with Gasteiger partial charge in [0.15, 0.2) is 0 Å². The largest absolute Gasteiger partial charge is 0.308 e. The summed E-state index contributed by atoms with van der Waals surface area (Å²) in [7, 11) is 0. The van der Waals surface area contributed by atoms with E-state index >= 15 is 0 Å². The van der Waals surface area contributed by atoms with Gasteiger partial charge in [-0.05, 0) is 49.7 Å². The van der Waals surface area contributed by atoms with Crippen LogP contribution in [-0.2, 0) is 19.6 Å². The molecule has 0 spiro atoms. The molecule has 5 heteroatoms. The minimum absolute atomic E-state index is 0.855. The van der Waals surface area contributed by atoms with E-state index in [4.69, 9.17) is 0 Å². The molecule has 136 valence electrons. The number of rotatable bonds is 7. The van der Waals surface area contributed by atoms with Crippen LogP contribution in [0.4, 0.5) is 0 Å². The highest BCUT2D eigenvalue weighted by molar-refractivity contribution is 7.11. The number of aromatic nitrogens is 2. The Balaban J connectivity index is 1.31. The molecule has 4 rings (SSSR count). The van der Waals surface area contributed by atoms with E-state index in [9.17, 15) is 0 Å². The predicted octanol–water partition coefficient (Wildman–Crippen LogP) is 4.21. The van der Waals surface area contributed by atoms with Gasteiger partial charge < -0.3 is 9.88 Å². The number of piperidine rings is 1. The molecule has 1 fully saturated rings. The van der Waals surface area contributed by atoms with Crippen LogP contribution in [0.5, 0.6) is 0 Å². The van der Waals surface area contributed by atoms with Crippen LogP contribution < -0.4 is 5.32 Å². The highest BCUT2D eigenvalue weighted by atomic mass is 32.1. The zero-order valence-corrected chi connectivity index (χ0v) is 15.9. The van der Waals surface area contributed by atoms with Gasteiger partial charge >= 0.3 is 0 Å². The van der Waals surface area contributed by atoms with Gasteiger partial charge in [-0.3, -0.25) is 4.90 Å². The fourth-order valence-electron chi connectivity index (χ4n) is 3.57. The first kappa shape index (κ1) is 17.5. The van der Waals surface area contributed by atoms with Crippen molar-refractivity contribution in [2.45, 2.75) is 38.9 Å². The van der Waals surface area contributed by atoms with Crippen molar-refractivity contribution in [3.05, 3.63) is 70.4 Å². The Bertz CT molecular complexity index is 803. The van der Waals surface area contributed by atoms with E-state index in [1.165, 1.54) is 53.4 Å². The first-order valence-electron chi connectivity index (χ1n) is 9.45. The quantitative estimate of drug-likeness (QED) is 0.680. The van der Waals surface area contributed by atoms with Crippen LogP contribution in [0.2, 0.25) is 0 Å². The summed E-state index contributed by atoms with van der Waals surface area (Å²) in [4.78, 5) is 9.65. The number of nitrogens with zero attached hydrogens (tertiary/aromatic N) is 3. The summed E-state index contributed by atoms with van der Waals surface area (Å²) in [6.45, 7) is 5.41. The molecular weight excluding hydrogens is 340 g/mol. The molecule has 26 heavy (non-hydrogen) atoms. The summed E-state index contributed by atoms with van der Waals surface area (Å²) in [5.41, 5.74) is 2.48. The maximum Gasteiger partial charge on any atom is 0.0991 e. The second-order valence-corrected chi connectivity index (χ2v) is 8.16. The highest BCUT2D eigenvalue weighted by Gasteiger charge is 2.11. The average Bonchev–Trinajstić information content (AvgIpc) is 3.35. The van der Waals surface area contributed by atoms with Crippen LogP contribution in [0, 0.1) is 0 Å². The lowest BCUT2D eigenvalue weighted by atomic mass is 10.1. The molecule has 0 radical (unpaired) electrons.